The molecule has 0 aliphatic rings. The molecule has 0 spiro atoms. The summed E-state index contributed by atoms with van der Waals surface area (Å²) < 4.78 is 0. The first-order chi connectivity index (χ1) is 22.8. The molecule has 1 nitrogen and oxygen atoms in total. The third-order valence-electron chi connectivity index (χ3n) is 9.26. The summed E-state index contributed by atoms with van der Waals surface area (Å²) in [4.78, 5) is 4.58. The molecule has 0 saturated heterocycles. The second-order valence-corrected chi connectivity index (χ2v) is 12.0. The number of benzene rings is 8. The van der Waals surface area contributed by atoms with Crippen LogP contribution < -0.4 is 0 Å². The smallest absolute Gasteiger partial charge is 0.0701 e. The van der Waals surface area contributed by atoms with E-state index >= 15 is 0 Å². The minimum absolute atomic E-state index is 0.983. The first kappa shape index (κ1) is 26.4. The molecule has 0 aliphatic carbocycles. The van der Waals surface area contributed by atoms with Crippen LogP contribution in [0.3, 0.4) is 0 Å². The molecule has 8 aromatic carbocycles. The molecule has 9 rings (SSSR count). The lowest BCUT2D eigenvalue weighted by molar-refractivity contribution is 1.33. The van der Waals surface area contributed by atoms with Crippen LogP contribution in [0.1, 0.15) is 0 Å². The van der Waals surface area contributed by atoms with Crippen LogP contribution in [0.5, 0.6) is 0 Å². The van der Waals surface area contributed by atoms with Gasteiger partial charge in [0.2, 0.25) is 0 Å². The van der Waals surface area contributed by atoms with Crippen LogP contribution in [0.15, 0.2) is 176 Å². The third-order valence-corrected chi connectivity index (χ3v) is 9.26. The third kappa shape index (κ3) is 4.45. The van der Waals surface area contributed by atoms with Crippen molar-refractivity contribution in [1.29, 1.82) is 0 Å². The van der Waals surface area contributed by atoms with E-state index in [4.69, 9.17) is 0 Å². The Morgan fingerprint density at radius 2 is 0.848 bits per heavy atom. The molecule has 1 heterocycles. The minimum atomic E-state index is 0.983. The van der Waals surface area contributed by atoms with Crippen molar-refractivity contribution < 1.29 is 0 Å². The van der Waals surface area contributed by atoms with E-state index in [1.807, 2.05) is 18.3 Å². The predicted molar refractivity (Wildman–Crippen MR) is 195 cm³/mol. The molecule has 0 fully saturated rings. The van der Waals surface area contributed by atoms with Crippen LogP contribution >= 0.6 is 0 Å². The van der Waals surface area contributed by atoms with E-state index in [-0.39, 0.29) is 0 Å². The minimum Gasteiger partial charge on any atom is -0.256 e. The molecule has 0 aliphatic heterocycles. The van der Waals surface area contributed by atoms with Crippen LogP contribution in [-0.2, 0) is 0 Å². The van der Waals surface area contributed by atoms with E-state index in [0.29, 0.717) is 0 Å². The molecule has 0 atom stereocenters. The first-order valence-corrected chi connectivity index (χ1v) is 15.8. The van der Waals surface area contributed by atoms with Gasteiger partial charge in [-0.05, 0) is 113 Å². The fourth-order valence-electron chi connectivity index (χ4n) is 7.04. The lowest BCUT2D eigenvalue weighted by Gasteiger charge is -2.19. The Bertz CT molecular complexity index is 2410. The van der Waals surface area contributed by atoms with Gasteiger partial charge in [0.05, 0.1) is 5.69 Å². The SMILES string of the molecule is c1ccc(-c2cc(-c3ccccc3)cc(-c3cc(-c4ccc(-c5ccccn5)cc4)c4ccc5cccc6ccc3c4c56)c2)cc1. The number of nitrogens with zero attached hydrogens (tertiary/aromatic N) is 1. The molecule has 0 radical (unpaired) electrons. The number of aromatic nitrogens is 1. The quantitative estimate of drug-likeness (QED) is 0.184. The standard InChI is InChI=1S/C45H29N/c1-3-10-30(11-4-1)36-26-37(31-12-5-2-6-13-31)28-38(27-36)42-29-41(32-17-19-33(20-18-32)43-16-7-8-25-46-43)39-23-21-34-14-9-15-35-22-24-40(42)45(39)44(34)35/h1-29H. The molecule has 1 aromatic heterocycles. The Hall–Kier alpha value is -6.05. The van der Waals surface area contributed by atoms with Gasteiger partial charge in [-0.1, -0.05) is 133 Å². The second-order valence-electron chi connectivity index (χ2n) is 12.0. The Morgan fingerprint density at radius 3 is 1.43 bits per heavy atom. The van der Waals surface area contributed by atoms with Gasteiger partial charge in [-0.3, -0.25) is 4.98 Å². The lowest BCUT2D eigenvalue weighted by atomic mass is 9.84. The van der Waals surface area contributed by atoms with Crippen molar-refractivity contribution in [2.75, 3.05) is 0 Å². The molecule has 0 N–H and O–H groups in total. The molecule has 0 amide bonds. The average molecular weight is 584 g/mol. The highest BCUT2D eigenvalue weighted by atomic mass is 14.7. The second kappa shape index (κ2) is 10.8. The summed E-state index contributed by atoms with van der Waals surface area (Å²) in [5, 5.41) is 7.74. The number of hydrogen-bond donors (Lipinski definition) is 0. The summed E-state index contributed by atoms with van der Waals surface area (Å²) in [5.41, 5.74) is 11.8. The van der Waals surface area contributed by atoms with Crippen molar-refractivity contribution in [1.82, 2.24) is 4.98 Å². The van der Waals surface area contributed by atoms with E-state index in [2.05, 4.69) is 163 Å². The maximum Gasteiger partial charge on any atom is 0.0701 e. The zero-order chi connectivity index (χ0) is 30.5. The average Bonchev–Trinajstić information content (AvgIpc) is 3.14. The van der Waals surface area contributed by atoms with Crippen LogP contribution in [0.2, 0.25) is 0 Å². The van der Waals surface area contributed by atoms with Crippen molar-refractivity contribution in [3.05, 3.63) is 176 Å². The molecule has 9 aromatic rings. The van der Waals surface area contributed by atoms with Crippen molar-refractivity contribution in [2.45, 2.75) is 0 Å². The van der Waals surface area contributed by atoms with Gasteiger partial charge < -0.3 is 0 Å². The molecule has 0 bridgehead atoms. The molecule has 46 heavy (non-hydrogen) atoms. The van der Waals surface area contributed by atoms with Crippen molar-refractivity contribution in [2.24, 2.45) is 0 Å². The molecular weight excluding hydrogens is 555 g/mol. The Morgan fingerprint density at radius 1 is 0.304 bits per heavy atom. The fraction of sp³-hybridized carbons (Fsp3) is 0. The molecule has 214 valence electrons. The van der Waals surface area contributed by atoms with Crippen molar-refractivity contribution >= 4 is 32.3 Å². The number of hydrogen-bond acceptors (Lipinski definition) is 1. The van der Waals surface area contributed by atoms with E-state index in [9.17, 15) is 0 Å². The van der Waals surface area contributed by atoms with Crippen LogP contribution in [-0.4, -0.2) is 4.98 Å². The summed E-state index contributed by atoms with van der Waals surface area (Å²) in [5.74, 6) is 0. The van der Waals surface area contributed by atoms with Gasteiger partial charge in [0, 0.05) is 11.8 Å². The highest BCUT2D eigenvalue weighted by molar-refractivity contribution is 6.28. The number of rotatable bonds is 5. The summed E-state index contributed by atoms with van der Waals surface area (Å²) in [7, 11) is 0. The zero-order valence-electron chi connectivity index (χ0n) is 25.2. The fourth-order valence-corrected chi connectivity index (χ4v) is 7.04. The van der Waals surface area contributed by atoms with Gasteiger partial charge in [0.15, 0.2) is 0 Å². The summed E-state index contributed by atoms with van der Waals surface area (Å²) >= 11 is 0. The predicted octanol–water partition coefficient (Wildman–Crippen LogP) is 12.3. The summed E-state index contributed by atoms with van der Waals surface area (Å²) in [6, 6.07) is 61.7. The van der Waals surface area contributed by atoms with Gasteiger partial charge in [0.25, 0.3) is 0 Å². The van der Waals surface area contributed by atoms with E-state index < -0.39 is 0 Å². The summed E-state index contributed by atoms with van der Waals surface area (Å²) in [6.07, 6.45) is 1.85. The van der Waals surface area contributed by atoms with E-state index in [1.165, 1.54) is 76.8 Å². The molecular formula is C45H29N. The monoisotopic (exact) mass is 583 g/mol. The van der Waals surface area contributed by atoms with Crippen molar-refractivity contribution in [3.63, 3.8) is 0 Å². The molecule has 0 unspecified atom stereocenters. The maximum absolute atomic E-state index is 4.58. The maximum atomic E-state index is 4.58. The van der Waals surface area contributed by atoms with Gasteiger partial charge in [-0.15, -0.1) is 0 Å². The van der Waals surface area contributed by atoms with E-state index in [1.54, 1.807) is 0 Å². The first-order valence-electron chi connectivity index (χ1n) is 15.8. The van der Waals surface area contributed by atoms with E-state index in [0.717, 1.165) is 11.3 Å². The van der Waals surface area contributed by atoms with Crippen LogP contribution in [0, 0.1) is 0 Å². The topological polar surface area (TPSA) is 12.9 Å². The van der Waals surface area contributed by atoms with Crippen LogP contribution in [0.4, 0.5) is 0 Å². The largest absolute Gasteiger partial charge is 0.256 e. The Balaban J connectivity index is 1.34. The van der Waals surface area contributed by atoms with Gasteiger partial charge in [-0.25, -0.2) is 0 Å². The summed E-state index contributed by atoms with van der Waals surface area (Å²) in [6.45, 7) is 0. The molecule has 0 saturated carbocycles. The number of pyridine rings is 1. The lowest BCUT2D eigenvalue weighted by Crippen LogP contribution is -1.92. The van der Waals surface area contributed by atoms with Gasteiger partial charge in [-0.2, -0.15) is 0 Å². The van der Waals surface area contributed by atoms with Crippen LogP contribution in [0.25, 0.3) is 88.1 Å². The Kier molecular flexibility index (Phi) is 6.21. The van der Waals surface area contributed by atoms with Gasteiger partial charge in [0.1, 0.15) is 0 Å². The Labute approximate surface area is 268 Å². The zero-order valence-corrected chi connectivity index (χ0v) is 25.2. The van der Waals surface area contributed by atoms with Gasteiger partial charge >= 0.3 is 0 Å². The normalized spacial score (nSPS) is 11.5. The van der Waals surface area contributed by atoms with Crippen molar-refractivity contribution in [3.8, 4) is 55.8 Å². The highest BCUT2D eigenvalue weighted by Crippen LogP contribution is 2.45. The highest BCUT2D eigenvalue weighted by Gasteiger charge is 2.18. The molecule has 1 heteroatoms.